The normalized spacial score (nSPS) is 9.95. The summed E-state index contributed by atoms with van der Waals surface area (Å²) in [6, 6.07) is 13.7. The number of rotatable bonds is 4. The highest BCUT2D eigenvalue weighted by atomic mass is 35.5. The number of nitro benzene ring substituents is 1. The first kappa shape index (κ1) is 14.8. The van der Waals surface area contributed by atoms with Gasteiger partial charge in [0, 0.05) is 18.8 Å². The van der Waals surface area contributed by atoms with Crippen LogP contribution in [0.15, 0.2) is 42.5 Å². The maximum atomic E-state index is 11.1. The molecule has 0 amide bonds. The fourth-order valence-corrected chi connectivity index (χ4v) is 2.25. The zero-order valence-corrected chi connectivity index (χ0v) is 12.0. The Morgan fingerprint density at radius 3 is 2.71 bits per heavy atom. The van der Waals surface area contributed by atoms with E-state index in [0.29, 0.717) is 16.1 Å². The smallest absolute Gasteiger partial charge is 0.275 e. The molecule has 0 aliphatic heterocycles. The first-order chi connectivity index (χ1) is 10.0. The van der Waals surface area contributed by atoms with Crippen molar-refractivity contribution in [2.24, 2.45) is 0 Å². The highest BCUT2D eigenvalue weighted by Crippen LogP contribution is 2.28. The summed E-state index contributed by atoms with van der Waals surface area (Å²) < 4.78 is 0. The molecular weight excluding hydrogens is 290 g/mol. The standard InChI is InChI=1S/C15H12ClN3O2/c1-18(12-5-2-4-11(8-12)9-17)10-13-14(16)6-3-7-15(13)19(20)21/h2-8H,10H2,1H3. The van der Waals surface area contributed by atoms with E-state index in [4.69, 9.17) is 16.9 Å². The third-order valence-electron chi connectivity index (χ3n) is 3.10. The average molecular weight is 302 g/mol. The SMILES string of the molecule is CN(Cc1c(Cl)cccc1[N+](=O)[O-])c1cccc(C#N)c1. The van der Waals surface area contributed by atoms with Gasteiger partial charge in [0.1, 0.15) is 0 Å². The van der Waals surface area contributed by atoms with Gasteiger partial charge in [-0.15, -0.1) is 0 Å². The Balaban J connectivity index is 2.33. The molecule has 21 heavy (non-hydrogen) atoms. The van der Waals surface area contributed by atoms with Crippen LogP contribution in [0.4, 0.5) is 11.4 Å². The lowest BCUT2D eigenvalue weighted by atomic mass is 10.1. The van der Waals surface area contributed by atoms with E-state index in [1.165, 1.54) is 6.07 Å². The summed E-state index contributed by atoms with van der Waals surface area (Å²) in [5.74, 6) is 0. The topological polar surface area (TPSA) is 70.2 Å². The summed E-state index contributed by atoms with van der Waals surface area (Å²) in [6.07, 6.45) is 0. The second-order valence-electron chi connectivity index (χ2n) is 4.51. The van der Waals surface area contributed by atoms with Crippen LogP contribution in [0, 0.1) is 21.4 Å². The largest absolute Gasteiger partial charge is 0.370 e. The van der Waals surface area contributed by atoms with Gasteiger partial charge in [0.25, 0.3) is 5.69 Å². The minimum Gasteiger partial charge on any atom is -0.370 e. The third kappa shape index (κ3) is 3.30. The van der Waals surface area contributed by atoms with Gasteiger partial charge in [-0.3, -0.25) is 10.1 Å². The summed E-state index contributed by atoms with van der Waals surface area (Å²) in [7, 11) is 1.80. The molecule has 0 fully saturated rings. The number of benzene rings is 2. The van der Waals surface area contributed by atoms with Crippen LogP contribution >= 0.6 is 11.6 Å². The van der Waals surface area contributed by atoms with E-state index < -0.39 is 4.92 Å². The summed E-state index contributed by atoms with van der Waals surface area (Å²) in [5.41, 5.74) is 1.77. The predicted octanol–water partition coefficient (Wildman–Crippen LogP) is 3.76. The molecule has 0 heterocycles. The van der Waals surface area contributed by atoms with Crippen molar-refractivity contribution >= 4 is 23.0 Å². The maximum absolute atomic E-state index is 11.1. The molecule has 106 valence electrons. The summed E-state index contributed by atoms with van der Waals surface area (Å²) >= 11 is 6.08. The van der Waals surface area contributed by atoms with Crippen LogP contribution in [0.25, 0.3) is 0 Å². The van der Waals surface area contributed by atoms with E-state index in [-0.39, 0.29) is 12.2 Å². The van der Waals surface area contributed by atoms with Crippen molar-refractivity contribution in [3.8, 4) is 6.07 Å². The molecule has 0 aromatic heterocycles. The van der Waals surface area contributed by atoms with E-state index in [0.717, 1.165) is 5.69 Å². The van der Waals surface area contributed by atoms with Gasteiger partial charge >= 0.3 is 0 Å². The van der Waals surface area contributed by atoms with Crippen molar-refractivity contribution in [3.05, 3.63) is 68.7 Å². The van der Waals surface area contributed by atoms with Crippen LogP contribution in [0.1, 0.15) is 11.1 Å². The molecule has 2 rings (SSSR count). The Kier molecular flexibility index (Phi) is 4.41. The quantitative estimate of drug-likeness (QED) is 0.637. The Hall–Kier alpha value is -2.58. The van der Waals surface area contributed by atoms with Crippen molar-refractivity contribution in [2.45, 2.75) is 6.54 Å². The van der Waals surface area contributed by atoms with Crippen LogP contribution in [-0.4, -0.2) is 12.0 Å². The lowest BCUT2D eigenvalue weighted by Crippen LogP contribution is -2.17. The number of hydrogen-bond donors (Lipinski definition) is 0. The van der Waals surface area contributed by atoms with Gasteiger partial charge in [-0.05, 0) is 24.3 Å². The molecule has 0 bridgehead atoms. The van der Waals surface area contributed by atoms with Crippen LogP contribution in [0.2, 0.25) is 5.02 Å². The van der Waals surface area contributed by atoms with Crippen LogP contribution in [0.3, 0.4) is 0 Å². The van der Waals surface area contributed by atoms with E-state index in [1.54, 1.807) is 37.4 Å². The number of nitrogens with zero attached hydrogens (tertiary/aromatic N) is 3. The summed E-state index contributed by atoms with van der Waals surface area (Å²) in [4.78, 5) is 12.4. The van der Waals surface area contributed by atoms with Crippen molar-refractivity contribution < 1.29 is 4.92 Å². The van der Waals surface area contributed by atoms with Gasteiger partial charge in [0.05, 0.1) is 33.7 Å². The Bertz CT molecular complexity index is 725. The molecule has 5 nitrogen and oxygen atoms in total. The molecule has 6 heteroatoms. The molecule has 0 saturated carbocycles. The minimum atomic E-state index is -0.444. The molecule has 0 atom stereocenters. The minimum absolute atomic E-state index is 0.00853. The van der Waals surface area contributed by atoms with Crippen LogP contribution in [-0.2, 0) is 6.54 Å². The molecule has 2 aromatic carbocycles. The molecule has 2 aromatic rings. The van der Waals surface area contributed by atoms with Gasteiger partial charge in [-0.25, -0.2) is 0 Å². The molecule has 0 aliphatic carbocycles. The predicted molar refractivity (Wildman–Crippen MR) is 81.4 cm³/mol. The fraction of sp³-hybridized carbons (Fsp3) is 0.133. The summed E-state index contributed by atoms with van der Waals surface area (Å²) in [5, 5.41) is 20.3. The van der Waals surface area contributed by atoms with Gasteiger partial charge in [0.15, 0.2) is 0 Å². The van der Waals surface area contributed by atoms with E-state index in [9.17, 15) is 10.1 Å². The highest BCUT2D eigenvalue weighted by Gasteiger charge is 2.18. The number of anilines is 1. The molecule has 0 aliphatic rings. The Labute approximate surface area is 127 Å². The number of nitro groups is 1. The fourth-order valence-electron chi connectivity index (χ4n) is 2.02. The van der Waals surface area contributed by atoms with Crippen molar-refractivity contribution in [1.29, 1.82) is 5.26 Å². The van der Waals surface area contributed by atoms with Crippen molar-refractivity contribution in [1.82, 2.24) is 0 Å². The van der Waals surface area contributed by atoms with Gasteiger partial charge in [-0.2, -0.15) is 5.26 Å². The van der Waals surface area contributed by atoms with Crippen LogP contribution in [0.5, 0.6) is 0 Å². The van der Waals surface area contributed by atoms with Crippen LogP contribution < -0.4 is 4.90 Å². The Morgan fingerprint density at radius 1 is 1.33 bits per heavy atom. The zero-order chi connectivity index (χ0) is 15.4. The van der Waals surface area contributed by atoms with Gasteiger partial charge in [-0.1, -0.05) is 23.7 Å². The van der Waals surface area contributed by atoms with Crippen molar-refractivity contribution in [2.75, 3.05) is 11.9 Å². The first-order valence-electron chi connectivity index (χ1n) is 6.16. The highest BCUT2D eigenvalue weighted by molar-refractivity contribution is 6.31. The number of halogens is 1. The second-order valence-corrected chi connectivity index (χ2v) is 4.92. The van der Waals surface area contributed by atoms with Crippen molar-refractivity contribution in [3.63, 3.8) is 0 Å². The molecule has 0 unspecified atom stereocenters. The molecule has 0 N–H and O–H groups in total. The lowest BCUT2D eigenvalue weighted by molar-refractivity contribution is -0.385. The molecular formula is C15H12ClN3O2. The monoisotopic (exact) mass is 301 g/mol. The molecule has 0 saturated heterocycles. The Morgan fingerprint density at radius 2 is 2.05 bits per heavy atom. The lowest BCUT2D eigenvalue weighted by Gasteiger charge is -2.20. The van der Waals surface area contributed by atoms with Gasteiger partial charge in [0.2, 0.25) is 0 Å². The third-order valence-corrected chi connectivity index (χ3v) is 3.46. The zero-order valence-electron chi connectivity index (χ0n) is 11.3. The molecule has 0 radical (unpaired) electrons. The van der Waals surface area contributed by atoms with E-state index >= 15 is 0 Å². The second kappa shape index (κ2) is 6.25. The van der Waals surface area contributed by atoms with E-state index in [1.807, 2.05) is 11.0 Å². The maximum Gasteiger partial charge on any atom is 0.275 e. The summed E-state index contributed by atoms with van der Waals surface area (Å²) in [6.45, 7) is 0.283. The number of nitriles is 1. The van der Waals surface area contributed by atoms with Gasteiger partial charge < -0.3 is 4.90 Å². The van der Waals surface area contributed by atoms with E-state index in [2.05, 4.69) is 6.07 Å². The average Bonchev–Trinajstić information content (AvgIpc) is 2.49. The first-order valence-corrected chi connectivity index (χ1v) is 6.54. The number of hydrogen-bond acceptors (Lipinski definition) is 4. The molecule has 0 spiro atoms.